The molecule has 1 unspecified atom stereocenters. The Morgan fingerprint density at radius 2 is 1.81 bits per heavy atom. The molecule has 2 rings (SSSR count). The smallest absolute Gasteiger partial charge is 0.285 e. The SMILES string of the molecule is CC(NS(=O)(=O)c1cccs1)C(=O)Nc1ccc(SC(=O)N(C)C)cc1. The van der Waals surface area contributed by atoms with Crippen LogP contribution >= 0.6 is 23.1 Å². The Morgan fingerprint density at radius 3 is 2.35 bits per heavy atom. The molecule has 0 saturated carbocycles. The lowest BCUT2D eigenvalue weighted by atomic mass is 10.3. The zero-order chi connectivity index (χ0) is 19.3. The highest BCUT2D eigenvalue weighted by molar-refractivity contribution is 8.13. The molecule has 7 nitrogen and oxygen atoms in total. The monoisotopic (exact) mass is 413 g/mol. The zero-order valence-corrected chi connectivity index (χ0v) is 16.9. The van der Waals surface area contributed by atoms with E-state index >= 15 is 0 Å². The normalized spacial score (nSPS) is 12.4. The maximum absolute atomic E-state index is 12.2. The third-order valence-corrected chi connectivity index (χ3v) is 7.16. The van der Waals surface area contributed by atoms with Crippen LogP contribution in [0.25, 0.3) is 0 Å². The number of thioether (sulfide) groups is 1. The number of carbonyl (C=O) groups is 2. The van der Waals surface area contributed by atoms with Crippen LogP contribution in [0.1, 0.15) is 6.92 Å². The first kappa shape index (κ1) is 20.4. The molecule has 0 aliphatic heterocycles. The van der Waals surface area contributed by atoms with Crippen LogP contribution in [-0.4, -0.2) is 44.6 Å². The lowest BCUT2D eigenvalue weighted by molar-refractivity contribution is -0.117. The molecule has 140 valence electrons. The summed E-state index contributed by atoms with van der Waals surface area (Å²) in [7, 11) is -0.381. The van der Waals surface area contributed by atoms with Crippen molar-refractivity contribution in [1.29, 1.82) is 0 Å². The highest BCUT2D eigenvalue weighted by Gasteiger charge is 2.22. The molecule has 26 heavy (non-hydrogen) atoms. The molecule has 0 spiro atoms. The second kappa shape index (κ2) is 8.67. The number of amides is 2. The molecular weight excluding hydrogens is 394 g/mol. The standard InChI is InChI=1S/C16H19N3O4S3/c1-11(18-26(22,23)14-5-4-10-24-14)15(20)17-12-6-8-13(9-7-12)25-16(21)19(2)3/h4-11,18H,1-3H3,(H,17,20). The van der Waals surface area contributed by atoms with Gasteiger partial charge in [-0.15, -0.1) is 11.3 Å². The van der Waals surface area contributed by atoms with Gasteiger partial charge < -0.3 is 10.2 Å². The van der Waals surface area contributed by atoms with Gasteiger partial charge in [0, 0.05) is 24.7 Å². The Bertz CT molecular complexity index is 863. The van der Waals surface area contributed by atoms with E-state index in [1.54, 1.807) is 49.8 Å². The fraction of sp³-hybridized carbons (Fsp3) is 0.250. The van der Waals surface area contributed by atoms with Gasteiger partial charge in [0.25, 0.3) is 15.3 Å². The molecule has 2 amide bonds. The number of benzene rings is 1. The number of nitrogens with zero attached hydrogens (tertiary/aromatic N) is 1. The van der Waals surface area contributed by atoms with Crippen LogP contribution in [0.2, 0.25) is 0 Å². The van der Waals surface area contributed by atoms with Crippen molar-refractivity contribution in [2.75, 3.05) is 19.4 Å². The van der Waals surface area contributed by atoms with Gasteiger partial charge in [0.2, 0.25) is 5.91 Å². The Labute approximate surface area is 160 Å². The van der Waals surface area contributed by atoms with E-state index in [1.165, 1.54) is 17.9 Å². The largest absolute Gasteiger partial charge is 0.339 e. The molecule has 0 fully saturated rings. The molecule has 0 aliphatic carbocycles. The first-order chi connectivity index (χ1) is 12.2. The third kappa shape index (κ3) is 5.56. The third-order valence-electron chi connectivity index (χ3n) is 3.18. The van der Waals surface area contributed by atoms with Crippen molar-refractivity contribution in [1.82, 2.24) is 9.62 Å². The van der Waals surface area contributed by atoms with E-state index in [0.29, 0.717) is 5.69 Å². The minimum Gasteiger partial charge on any atom is -0.339 e. The Kier molecular flexibility index (Phi) is 6.81. The highest BCUT2D eigenvalue weighted by atomic mass is 32.2. The maximum Gasteiger partial charge on any atom is 0.285 e. The summed E-state index contributed by atoms with van der Waals surface area (Å²) in [6, 6.07) is 8.90. The van der Waals surface area contributed by atoms with E-state index in [0.717, 1.165) is 28.0 Å². The number of sulfonamides is 1. The van der Waals surface area contributed by atoms with E-state index in [9.17, 15) is 18.0 Å². The summed E-state index contributed by atoms with van der Waals surface area (Å²) >= 11 is 2.16. The van der Waals surface area contributed by atoms with E-state index in [4.69, 9.17) is 0 Å². The molecule has 1 aromatic heterocycles. The van der Waals surface area contributed by atoms with Crippen LogP contribution in [0, 0.1) is 0 Å². The van der Waals surface area contributed by atoms with Gasteiger partial charge in [-0.05, 0) is 54.4 Å². The fourth-order valence-corrected chi connectivity index (χ4v) is 4.68. The molecule has 0 aliphatic rings. The van der Waals surface area contributed by atoms with Gasteiger partial charge in [-0.25, -0.2) is 8.42 Å². The average molecular weight is 414 g/mol. The number of anilines is 1. The van der Waals surface area contributed by atoms with Crippen LogP contribution in [-0.2, 0) is 14.8 Å². The van der Waals surface area contributed by atoms with E-state index in [1.807, 2.05) is 0 Å². The van der Waals surface area contributed by atoms with Crippen LogP contribution in [0.15, 0.2) is 50.9 Å². The van der Waals surface area contributed by atoms with Crippen LogP contribution < -0.4 is 10.0 Å². The summed E-state index contributed by atoms with van der Waals surface area (Å²) in [5, 5.41) is 4.20. The molecule has 1 aromatic carbocycles. The van der Waals surface area contributed by atoms with Crippen molar-refractivity contribution in [3.05, 3.63) is 41.8 Å². The topological polar surface area (TPSA) is 95.6 Å². The number of rotatable bonds is 6. The second-order valence-electron chi connectivity index (χ2n) is 5.55. The molecule has 0 bridgehead atoms. The number of hydrogen-bond donors (Lipinski definition) is 2. The number of carbonyl (C=O) groups excluding carboxylic acids is 2. The highest BCUT2D eigenvalue weighted by Crippen LogP contribution is 2.22. The average Bonchev–Trinajstić information content (AvgIpc) is 3.11. The quantitative estimate of drug-likeness (QED) is 0.710. The van der Waals surface area contributed by atoms with E-state index in [-0.39, 0.29) is 9.45 Å². The number of nitrogens with one attached hydrogen (secondary N) is 2. The van der Waals surface area contributed by atoms with Gasteiger partial charge in [0.15, 0.2) is 0 Å². The van der Waals surface area contributed by atoms with Gasteiger partial charge in [-0.3, -0.25) is 9.59 Å². The van der Waals surface area contributed by atoms with Crippen molar-refractivity contribution >= 4 is 50.0 Å². The maximum atomic E-state index is 12.2. The van der Waals surface area contributed by atoms with Crippen LogP contribution in [0.4, 0.5) is 10.5 Å². The molecule has 1 atom stereocenters. The van der Waals surface area contributed by atoms with Gasteiger partial charge in [0.1, 0.15) is 4.21 Å². The fourth-order valence-electron chi connectivity index (χ4n) is 1.81. The minimum absolute atomic E-state index is 0.0987. The first-order valence-electron chi connectivity index (χ1n) is 7.55. The predicted octanol–water partition coefficient (Wildman–Crippen LogP) is 2.83. The lowest BCUT2D eigenvalue weighted by Crippen LogP contribution is -2.41. The van der Waals surface area contributed by atoms with Crippen LogP contribution in [0.3, 0.4) is 0 Å². The summed E-state index contributed by atoms with van der Waals surface area (Å²) in [6.45, 7) is 1.47. The van der Waals surface area contributed by atoms with Gasteiger partial charge in [0.05, 0.1) is 6.04 Å². The molecular formula is C16H19N3O4S3. The van der Waals surface area contributed by atoms with Gasteiger partial charge >= 0.3 is 0 Å². The molecule has 2 N–H and O–H groups in total. The predicted molar refractivity (Wildman–Crippen MR) is 104 cm³/mol. The van der Waals surface area contributed by atoms with Crippen molar-refractivity contribution in [2.45, 2.75) is 22.1 Å². The molecule has 0 radical (unpaired) electrons. The van der Waals surface area contributed by atoms with Gasteiger partial charge in [-0.1, -0.05) is 6.07 Å². The van der Waals surface area contributed by atoms with Crippen LogP contribution in [0.5, 0.6) is 0 Å². The first-order valence-corrected chi connectivity index (χ1v) is 10.7. The second-order valence-corrected chi connectivity index (χ2v) is 9.46. The molecule has 2 aromatic rings. The van der Waals surface area contributed by atoms with E-state index < -0.39 is 22.0 Å². The molecule has 1 heterocycles. The van der Waals surface area contributed by atoms with Gasteiger partial charge in [-0.2, -0.15) is 4.72 Å². The Morgan fingerprint density at radius 1 is 1.15 bits per heavy atom. The Hall–Kier alpha value is -1.88. The molecule has 10 heteroatoms. The lowest BCUT2D eigenvalue weighted by Gasteiger charge is -2.14. The van der Waals surface area contributed by atoms with Crippen molar-refractivity contribution in [2.24, 2.45) is 0 Å². The summed E-state index contributed by atoms with van der Waals surface area (Å²) in [4.78, 5) is 26.1. The molecule has 0 saturated heterocycles. The summed E-state index contributed by atoms with van der Waals surface area (Å²) in [5.41, 5.74) is 0.513. The minimum atomic E-state index is -3.72. The summed E-state index contributed by atoms with van der Waals surface area (Å²) in [6.07, 6.45) is 0. The van der Waals surface area contributed by atoms with E-state index in [2.05, 4.69) is 10.0 Å². The van der Waals surface area contributed by atoms with Crippen molar-refractivity contribution in [3.8, 4) is 0 Å². The zero-order valence-electron chi connectivity index (χ0n) is 14.4. The number of thiophene rings is 1. The number of hydrogen-bond acceptors (Lipinski definition) is 6. The Balaban J connectivity index is 1.95. The summed E-state index contributed by atoms with van der Waals surface area (Å²) in [5.74, 6) is -0.477. The summed E-state index contributed by atoms with van der Waals surface area (Å²) < 4.78 is 26.8. The van der Waals surface area contributed by atoms with Crippen molar-refractivity contribution < 1.29 is 18.0 Å². The van der Waals surface area contributed by atoms with Crippen molar-refractivity contribution in [3.63, 3.8) is 0 Å².